The number of carbonyl (C=O) groups excluding carboxylic acids is 2. The van der Waals surface area contributed by atoms with Gasteiger partial charge in [0.05, 0.1) is 11.4 Å². The molecule has 120 valence electrons. The maximum absolute atomic E-state index is 13.4. The third-order valence-electron chi connectivity index (χ3n) is 3.26. The van der Waals surface area contributed by atoms with Crippen LogP contribution in [0.25, 0.3) is 0 Å². The average molecular weight is 315 g/mol. The molecule has 23 heavy (non-hydrogen) atoms. The molecule has 0 saturated carbocycles. The Labute approximate surface area is 133 Å². The topological polar surface area (TPSA) is 84.2 Å². The molecule has 0 aliphatic heterocycles. The van der Waals surface area contributed by atoms with Crippen molar-refractivity contribution >= 4 is 23.2 Å². The van der Waals surface area contributed by atoms with Gasteiger partial charge in [-0.05, 0) is 36.8 Å². The minimum Gasteiger partial charge on any atom is -0.330 e. The maximum Gasteiger partial charge on any atom is 0.255 e. The van der Waals surface area contributed by atoms with Crippen LogP contribution >= 0.6 is 0 Å². The summed E-state index contributed by atoms with van der Waals surface area (Å²) in [5.41, 5.74) is 7.17. The lowest BCUT2D eigenvalue weighted by Crippen LogP contribution is -2.19. The van der Waals surface area contributed by atoms with E-state index in [1.807, 2.05) is 19.1 Å². The fourth-order valence-electron chi connectivity index (χ4n) is 2.09. The zero-order chi connectivity index (χ0) is 16.8. The van der Waals surface area contributed by atoms with Crippen molar-refractivity contribution in [2.75, 3.05) is 17.2 Å². The highest BCUT2D eigenvalue weighted by molar-refractivity contribution is 6.08. The number of benzene rings is 2. The van der Waals surface area contributed by atoms with Gasteiger partial charge in [0.1, 0.15) is 5.82 Å². The van der Waals surface area contributed by atoms with Gasteiger partial charge >= 0.3 is 0 Å². The van der Waals surface area contributed by atoms with E-state index in [0.717, 1.165) is 11.6 Å². The van der Waals surface area contributed by atoms with Crippen LogP contribution in [0.2, 0.25) is 0 Å². The Morgan fingerprint density at radius 3 is 2.52 bits per heavy atom. The molecule has 0 radical (unpaired) electrons. The summed E-state index contributed by atoms with van der Waals surface area (Å²) >= 11 is 0. The number of amides is 2. The second-order valence-electron chi connectivity index (χ2n) is 5.05. The van der Waals surface area contributed by atoms with Crippen molar-refractivity contribution in [2.45, 2.75) is 13.3 Å². The second-order valence-corrected chi connectivity index (χ2v) is 5.05. The molecule has 6 heteroatoms. The highest BCUT2D eigenvalue weighted by Crippen LogP contribution is 2.24. The van der Waals surface area contributed by atoms with Crippen LogP contribution in [-0.2, 0) is 4.79 Å². The van der Waals surface area contributed by atoms with E-state index in [9.17, 15) is 14.0 Å². The molecule has 0 aliphatic rings. The Kier molecular flexibility index (Phi) is 5.43. The van der Waals surface area contributed by atoms with E-state index in [0.29, 0.717) is 11.3 Å². The molecule has 0 spiro atoms. The summed E-state index contributed by atoms with van der Waals surface area (Å²) in [7, 11) is 0. The van der Waals surface area contributed by atoms with Crippen LogP contribution in [0.1, 0.15) is 22.3 Å². The number of aryl methyl sites for hydroxylation is 1. The van der Waals surface area contributed by atoms with Gasteiger partial charge in [-0.1, -0.05) is 18.2 Å². The number of hydrogen-bond donors (Lipinski definition) is 3. The summed E-state index contributed by atoms with van der Waals surface area (Å²) in [5.74, 6) is -1.18. The summed E-state index contributed by atoms with van der Waals surface area (Å²) in [6.07, 6.45) is 0.113. The summed E-state index contributed by atoms with van der Waals surface area (Å²) in [4.78, 5) is 24.0. The largest absolute Gasteiger partial charge is 0.330 e. The van der Waals surface area contributed by atoms with Gasteiger partial charge in [0.15, 0.2) is 0 Å². The Balaban J connectivity index is 2.24. The van der Waals surface area contributed by atoms with Gasteiger partial charge in [-0.15, -0.1) is 0 Å². The third-order valence-corrected chi connectivity index (χ3v) is 3.26. The van der Waals surface area contributed by atoms with Gasteiger partial charge in [0.2, 0.25) is 5.91 Å². The molecule has 0 fully saturated rings. The lowest BCUT2D eigenvalue weighted by atomic mass is 10.1. The zero-order valence-corrected chi connectivity index (χ0v) is 12.7. The molecule has 2 aromatic rings. The molecule has 0 saturated heterocycles. The number of rotatable bonds is 5. The van der Waals surface area contributed by atoms with Crippen molar-refractivity contribution in [3.05, 3.63) is 59.4 Å². The van der Waals surface area contributed by atoms with Crippen molar-refractivity contribution in [3.63, 3.8) is 0 Å². The van der Waals surface area contributed by atoms with Crippen molar-refractivity contribution < 1.29 is 14.0 Å². The van der Waals surface area contributed by atoms with Crippen LogP contribution in [0.5, 0.6) is 0 Å². The zero-order valence-electron chi connectivity index (χ0n) is 12.7. The molecular weight excluding hydrogens is 297 g/mol. The molecule has 2 rings (SSSR count). The Morgan fingerprint density at radius 2 is 1.83 bits per heavy atom. The first-order valence-electron chi connectivity index (χ1n) is 7.17. The van der Waals surface area contributed by atoms with Crippen LogP contribution < -0.4 is 16.4 Å². The molecule has 5 nitrogen and oxygen atoms in total. The number of halogens is 1. The Morgan fingerprint density at radius 1 is 1.09 bits per heavy atom. The molecule has 2 amide bonds. The molecular formula is C17H18FN3O2. The van der Waals surface area contributed by atoms with E-state index in [1.54, 1.807) is 12.1 Å². The minimum atomic E-state index is -0.512. The number of anilines is 2. The molecule has 0 bridgehead atoms. The molecule has 4 N–H and O–H groups in total. The second kappa shape index (κ2) is 7.51. The first-order chi connectivity index (χ1) is 11.0. The van der Waals surface area contributed by atoms with E-state index in [2.05, 4.69) is 10.6 Å². The van der Waals surface area contributed by atoms with Gasteiger partial charge in [-0.3, -0.25) is 9.59 Å². The lowest BCUT2D eigenvalue weighted by Gasteiger charge is -2.13. The third kappa shape index (κ3) is 4.37. The van der Waals surface area contributed by atoms with Gasteiger partial charge in [0.25, 0.3) is 5.91 Å². The number of nitrogens with one attached hydrogen (secondary N) is 2. The summed E-state index contributed by atoms with van der Waals surface area (Å²) in [6, 6.07) is 10.9. The molecule has 2 aromatic carbocycles. The monoisotopic (exact) mass is 315 g/mol. The SMILES string of the molecule is Cc1ccccc1C(=O)Nc1ccc(F)cc1NC(=O)CCN. The van der Waals surface area contributed by atoms with Crippen molar-refractivity contribution in [1.29, 1.82) is 0 Å². The highest BCUT2D eigenvalue weighted by Gasteiger charge is 2.13. The van der Waals surface area contributed by atoms with Gasteiger partial charge in [-0.2, -0.15) is 0 Å². The van der Waals surface area contributed by atoms with Crippen LogP contribution in [0.15, 0.2) is 42.5 Å². The van der Waals surface area contributed by atoms with E-state index in [-0.39, 0.29) is 30.5 Å². The Hall–Kier alpha value is -2.73. The van der Waals surface area contributed by atoms with Gasteiger partial charge < -0.3 is 16.4 Å². The number of nitrogens with two attached hydrogens (primary N) is 1. The van der Waals surface area contributed by atoms with E-state index < -0.39 is 5.82 Å². The lowest BCUT2D eigenvalue weighted by molar-refractivity contribution is -0.116. The predicted octanol–water partition coefficient (Wildman–Crippen LogP) is 2.67. The quantitative estimate of drug-likeness (QED) is 0.793. The standard InChI is InChI=1S/C17H18FN3O2/c1-11-4-2-3-5-13(11)17(23)21-14-7-6-12(18)10-15(14)20-16(22)8-9-19/h2-7,10H,8-9,19H2,1H3,(H,20,22)(H,21,23). The van der Waals surface area contributed by atoms with E-state index in [4.69, 9.17) is 5.73 Å². The van der Waals surface area contributed by atoms with Crippen LogP contribution in [0, 0.1) is 12.7 Å². The minimum absolute atomic E-state index is 0.113. The van der Waals surface area contributed by atoms with Crippen LogP contribution in [0.4, 0.5) is 15.8 Å². The first-order valence-corrected chi connectivity index (χ1v) is 7.17. The number of carbonyl (C=O) groups is 2. The summed E-state index contributed by atoms with van der Waals surface area (Å²) in [5, 5.41) is 5.24. The maximum atomic E-state index is 13.4. The summed E-state index contributed by atoms with van der Waals surface area (Å²) in [6.45, 7) is 2.01. The molecule has 0 atom stereocenters. The fourth-order valence-corrected chi connectivity index (χ4v) is 2.09. The van der Waals surface area contributed by atoms with Crippen molar-refractivity contribution in [3.8, 4) is 0 Å². The fraction of sp³-hybridized carbons (Fsp3) is 0.176. The van der Waals surface area contributed by atoms with Crippen LogP contribution in [0.3, 0.4) is 0 Å². The molecule has 0 unspecified atom stereocenters. The smallest absolute Gasteiger partial charge is 0.255 e. The Bertz CT molecular complexity index is 732. The van der Waals surface area contributed by atoms with Crippen molar-refractivity contribution in [2.24, 2.45) is 5.73 Å². The van der Waals surface area contributed by atoms with Crippen molar-refractivity contribution in [1.82, 2.24) is 0 Å². The average Bonchev–Trinajstić information content (AvgIpc) is 2.50. The first kappa shape index (κ1) is 16.6. The normalized spacial score (nSPS) is 10.2. The molecule has 0 aromatic heterocycles. The van der Waals surface area contributed by atoms with Gasteiger partial charge in [0, 0.05) is 18.5 Å². The highest BCUT2D eigenvalue weighted by atomic mass is 19.1. The van der Waals surface area contributed by atoms with Gasteiger partial charge in [-0.25, -0.2) is 4.39 Å². The summed E-state index contributed by atoms with van der Waals surface area (Å²) < 4.78 is 13.4. The predicted molar refractivity (Wildman–Crippen MR) is 87.8 cm³/mol. The molecule has 0 heterocycles. The van der Waals surface area contributed by atoms with E-state index >= 15 is 0 Å². The molecule has 0 aliphatic carbocycles. The number of hydrogen-bond acceptors (Lipinski definition) is 3. The van der Waals surface area contributed by atoms with Crippen LogP contribution in [-0.4, -0.2) is 18.4 Å². The van der Waals surface area contributed by atoms with E-state index in [1.165, 1.54) is 12.1 Å².